The number of esters is 1. The second kappa shape index (κ2) is 11.4. The van der Waals surface area contributed by atoms with Crippen molar-refractivity contribution in [3.63, 3.8) is 0 Å². The molecule has 0 unspecified atom stereocenters. The van der Waals surface area contributed by atoms with Crippen LogP contribution in [0.5, 0.6) is 11.5 Å². The van der Waals surface area contributed by atoms with Crippen molar-refractivity contribution in [3.05, 3.63) is 93.0 Å². The third-order valence-corrected chi connectivity index (χ3v) is 6.01. The monoisotopic (exact) mass is 592 g/mol. The van der Waals surface area contributed by atoms with Crippen LogP contribution in [-0.4, -0.2) is 30.4 Å². The highest BCUT2D eigenvalue weighted by Gasteiger charge is 2.38. The van der Waals surface area contributed by atoms with Gasteiger partial charge in [0, 0.05) is 5.02 Å². The Kier molecular flexibility index (Phi) is 8.17. The van der Waals surface area contributed by atoms with Crippen molar-refractivity contribution in [3.8, 4) is 11.5 Å². The van der Waals surface area contributed by atoms with Gasteiger partial charge in [-0.1, -0.05) is 35.3 Å². The maximum absolute atomic E-state index is 13.2. The van der Waals surface area contributed by atoms with Crippen LogP contribution in [0.1, 0.15) is 28.4 Å². The molecule has 1 aliphatic heterocycles. The van der Waals surface area contributed by atoms with Crippen molar-refractivity contribution in [2.24, 2.45) is 0 Å². The molecular weight excluding hydrogens is 576 g/mol. The van der Waals surface area contributed by atoms with Crippen LogP contribution in [0.4, 0.5) is 23.7 Å². The molecule has 0 aromatic heterocycles. The van der Waals surface area contributed by atoms with Gasteiger partial charge in [-0.2, -0.15) is 13.2 Å². The largest absolute Gasteiger partial charge is 0.490 e. The molecule has 4 rings (SSSR count). The normalized spacial score (nSPS) is 14.8. The quantitative estimate of drug-likeness (QED) is 0.156. The number of carbonyl (C=O) groups excluding carboxylic acids is 4. The van der Waals surface area contributed by atoms with Gasteiger partial charge in [0.05, 0.1) is 28.4 Å². The van der Waals surface area contributed by atoms with E-state index in [1.54, 1.807) is 6.92 Å². The minimum Gasteiger partial charge on any atom is -0.490 e. The van der Waals surface area contributed by atoms with E-state index < -0.39 is 41.1 Å². The molecule has 0 aliphatic carbocycles. The number of urea groups is 1. The number of nitrogens with zero attached hydrogens (tertiary/aromatic N) is 1. The number of hydrogen-bond acceptors (Lipinski definition) is 6. The summed E-state index contributed by atoms with van der Waals surface area (Å²) >= 11 is 11.9. The number of halogens is 5. The summed E-state index contributed by atoms with van der Waals surface area (Å²) in [6.45, 7) is 1.83. The summed E-state index contributed by atoms with van der Waals surface area (Å²) in [5, 5.41) is 2.34. The lowest BCUT2D eigenvalue weighted by molar-refractivity contribution is -0.137. The zero-order valence-corrected chi connectivity index (χ0v) is 21.9. The van der Waals surface area contributed by atoms with Crippen molar-refractivity contribution in [1.29, 1.82) is 0 Å². The number of alkyl halides is 3. The number of hydrogen-bond donors (Lipinski definition) is 1. The van der Waals surface area contributed by atoms with Gasteiger partial charge >= 0.3 is 18.2 Å². The van der Waals surface area contributed by atoms with Crippen molar-refractivity contribution < 1.29 is 41.8 Å². The molecule has 8 nitrogen and oxygen atoms in total. The Morgan fingerprint density at radius 1 is 1.00 bits per heavy atom. The van der Waals surface area contributed by atoms with Gasteiger partial charge in [0.15, 0.2) is 11.5 Å². The molecule has 13 heteroatoms. The molecule has 0 saturated carbocycles. The summed E-state index contributed by atoms with van der Waals surface area (Å²) in [5.41, 5.74) is -1.72. The molecule has 40 heavy (non-hydrogen) atoms. The molecule has 4 amide bonds. The molecule has 1 heterocycles. The summed E-state index contributed by atoms with van der Waals surface area (Å²) < 4.78 is 50.5. The maximum Gasteiger partial charge on any atom is 0.416 e. The average Bonchev–Trinajstić information content (AvgIpc) is 2.87. The van der Waals surface area contributed by atoms with E-state index in [4.69, 9.17) is 32.7 Å². The summed E-state index contributed by atoms with van der Waals surface area (Å²) in [7, 11) is 0. The highest BCUT2D eigenvalue weighted by atomic mass is 35.5. The fourth-order valence-electron chi connectivity index (χ4n) is 3.66. The first-order valence-electron chi connectivity index (χ1n) is 11.4. The summed E-state index contributed by atoms with van der Waals surface area (Å²) in [6, 6.07) is 10.7. The number of amides is 4. The van der Waals surface area contributed by atoms with Crippen molar-refractivity contribution >= 4 is 58.8 Å². The SMILES string of the molecule is CCOc1cc(/C=C2\C(=O)NC(=O)N(c3cccc(C(F)(F)F)c3)C2=O)ccc1OC(=O)c1ccc(Cl)cc1Cl. The van der Waals surface area contributed by atoms with Crippen LogP contribution in [0.3, 0.4) is 0 Å². The van der Waals surface area contributed by atoms with E-state index in [1.807, 2.05) is 5.32 Å². The number of carbonyl (C=O) groups is 4. The highest BCUT2D eigenvalue weighted by Crippen LogP contribution is 2.34. The van der Waals surface area contributed by atoms with E-state index in [0.717, 1.165) is 24.3 Å². The molecule has 206 valence electrons. The first-order valence-corrected chi connectivity index (χ1v) is 12.2. The van der Waals surface area contributed by atoms with Gasteiger partial charge in [-0.25, -0.2) is 14.5 Å². The summed E-state index contributed by atoms with van der Waals surface area (Å²) in [5.74, 6) is -2.92. The Hall–Kier alpha value is -4.35. The van der Waals surface area contributed by atoms with Crippen LogP contribution in [0.2, 0.25) is 10.0 Å². The smallest absolute Gasteiger partial charge is 0.416 e. The Bertz CT molecular complexity index is 1570. The van der Waals surface area contributed by atoms with Gasteiger partial charge in [0.25, 0.3) is 11.8 Å². The molecule has 3 aromatic carbocycles. The van der Waals surface area contributed by atoms with Gasteiger partial charge in [-0.05, 0) is 67.1 Å². The maximum atomic E-state index is 13.2. The van der Waals surface area contributed by atoms with E-state index in [2.05, 4.69) is 0 Å². The number of ether oxygens (including phenoxy) is 2. The zero-order chi connectivity index (χ0) is 29.2. The van der Waals surface area contributed by atoms with Crippen LogP contribution in [0.15, 0.2) is 66.2 Å². The Labute approximate surface area is 234 Å². The molecule has 1 N–H and O–H groups in total. The number of barbiturate groups is 1. The van der Waals surface area contributed by atoms with Crippen LogP contribution >= 0.6 is 23.2 Å². The van der Waals surface area contributed by atoms with Gasteiger partial charge in [-0.3, -0.25) is 14.9 Å². The summed E-state index contributed by atoms with van der Waals surface area (Å²) in [4.78, 5) is 51.1. The van der Waals surface area contributed by atoms with Crippen molar-refractivity contribution in [1.82, 2.24) is 5.32 Å². The van der Waals surface area contributed by atoms with Gasteiger partial charge in [0.1, 0.15) is 5.57 Å². The van der Waals surface area contributed by atoms with E-state index in [9.17, 15) is 32.3 Å². The average molecular weight is 593 g/mol. The number of anilines is 1. The van der Waals surface area contributed by atoms with E-state index in [0.29, 0.717) is 16.0 Å². The van der Waals surface area contributed by atoms with Gasteiger partial charge in [0.2, 0.25) is 0 Å². The predicted octanol–water partition coefficient (Wildman–Crippen LogP) is 6.30. The number of nitrogens with one attached hydrogen (secondary N) is 1. The first kappa shape index (κ1) is 28.7. The standard InChI is InChI=1S/C27H17Cl2F3N2O6/c1-2-39-22-11-14(6-9-21(22)40-25(37)18-8-7-16(28)13-20(18)29)10-19-23(35)33-26(38)34(24(19)36)17-5-3-4-15(12-17)27(30,31)32/h3-13H,2H2,1H3,(H,33,35,38)/b19-10+. The molecule has 0 atom stereocenters. The Morgan fingerprint density at radius 2 is 1.75 bits per heavy atom. The second-order valence-electron chi connectivity index (χ2n) is 8.16. The van der Waals surface area contributed by atoms with Crippen LogP contribution in [-0.2, 0) is 15.8 Å². The fraction of sp³-hybridized carbons (Fsp3) is 0.111. The zero-order valence-electron chi connectivity index (χ0n) is 20.3. The second-order valence-corrected chi connectivity index (χ2v) is 9.00. The molecule has 1 aliphatic rings. The number of rotatable bonds is 6. The highest BCUT2D eigenvalue weighted by molar-refractivity contribution is 6.39. The molecule has 1 saturated heterocycles. The number of benzene rings is 3. The molecule has 0 radical (unpaired) electrons. The van der Waals surface area contributed by atoms with Gasteiger partial charge in [-0.15, -0.1) is 0 Å². The van der Waals surface area contributed by atoms with E-state index in [-0.39, 0.29) is 39.9 Å². The van der Waals surface area contributed by atoms with Crippen LogP contribution in [0.25, 0.3) is 6.08 Å². The van der Waals surface area contributed by atoms with E-state index >= 15 is 0 Å². The Morgan fingerprint density at radius 3 is 2.42 bits per heavy atom. The first-order chi connectivity index (χ1) is 18.9. The van der Waals surface area contributed by atoms with Crippen LogP contribution in [0, 0.1) is 0 Å². The molecule has 0 spiro atoms. The molecule has 3 aromatic rings. The minimum absolute atomic E-state index is 0.000193. The molecule has 0 bridgehead atoms. The van der Waals surface area contributed by atoms with Crippen molar-refractivity contribution in [2.75, 3.05) is 11.5 Å². The molecular formula is C27H17Cl2F3N2O6. The predicted molar refractivity (Wildman–Crippen MR) is 139 cm³/mol. The lowest BCUT2D eigenvalue weighted by Gasteiger charge is -2.27. The van der Waals surface area contributed by atoms with Crippen LogP contribution < -0.4 is 19.7 Å². The van der Waals surface area contributed by atoms with Gasteiger partial charge < -0.3 is 9.47 Å². The lowest BCUT2D eigenvalue weighted by atomic mass is 10.1. The minimum atomic E-state index is -4.72. The van der Waals surface area contributed by atoms with Crippen molar-refractivity contribution in [2.45, 2.75) is 13.1 Å². The van der Waals surface area contributed by atoms with E-state index in [1.165, 1.54) is 36.4 Å². The molecule has 1 fully saturated rings. The topological polar surface area (TPSA) is 102 Å². The third kappa shape index (κ3) is 6.11. The summed E-state index contributed by atoms with van der Waals surface area (Å²) in [6.07, 6.45) is -3.60. The Balaban J connectivity index is 1.66. The lowest BCUT2D eigenvalue weighted by Crippen LogP contribution is -2.54. The fourth-order valence-corrected chi connectivity index (χ4v) is 4.14. The number of imide groups is 2. The third-order valence-electron chi connectivity index (χ3n) is 5.47.